The summed E-state index contributed by atoms with van der Waals surface area (Å²) >= 11 is 0. The second kappa shape index (κ2) is 6.02. The summed E-state index contributed by atoms with van der Waals surface area (Å²) in [7, 11) is 0. The molecule has 1 amide bonds. The third-order valence-corrected chi connectivity index (χ3v) is 2.60. The third kappa shape index (κ3) is 5.26. The molecule has 4 nitrogen and oxygen atoms in total. The van der Waals surface area contributed by atoms with Crippen LogP contribution in [-0.4, -0.2) is 23.6 Å². The number of carbonyl (C=O) groups excluding carboxylic acids is 1. The Morgan fingerprint density at radius 3 is 2.63 bits per heavy atom. The van der Waals surface area contributed by atoms with Crippen LogP contribution in [0.4, 0.5) is 4.39 Å². The highest BCUT2D eigenvalue weighted by Crippen LogP contribution is 2.20. The Morgan fingerprint density at radius 1 is 1.47 bits per heavy atom. The lowest BCUT2D eigenvalue weighted by Crippen LogP contribution is -2.39. The normalized spacial score (nSPS) is 13.1. The maximum Gasteiger partial charge on any atom is 0.255 e. The molecule has 4 N–H and O–H groups in total. The minimum absolute atomic E-state index is 0.0457. The van der Waals surface area contributed by atoms with Gasteiger partial charge in [-0.15, -0.1) is 0 Å². The van der Waals surface area contributed by atoms with Crippen molar-refractivity contribution in [3.8, 4) is 5.75 Å². The van der Waals surface area contributed by atoms with Crippen molar-refractivity contribution in [3.05, 3.63) is 29.6 Å². The highest BCUT2D eigenvalue weighted by molar-refractivity contribution is 5.96. The number of rotatable bonds is 4. The second-order valence-corrected chi connectivity index (χ2v) is 5.90. The van der Waals surface area contributed by atoms with E-state index < -0.39 is 11.7 Å². The van der Waals surface area contributed by atoms with Gasteiger partial charge in [-0.3, -0.25) is 4.79 Å². The van der Waals surface area contributed by atoms with Crippen molar-refractivity contribution in [3.63, 3.8) is 0 Å². The van der Waals surface area contributed by atoms with Gasteiger partial charge < -0.3 is 16.2 Å². The topological polar surface area (TPSA) is 75.3 Å². The summed E-state index contributed by atoms with van der Waals surface area (Å²) < 4.78 is 12.8. The molecule has 0 aliphatic rings. The molecule has 0 heterocycles. The number of nitrogens with two attached hydrogens (primary N) is 1. The molecule has 0 saturated heterocycles. The van der Waals surface area contributed by atoms with Crippen molar-refractivity contribution in [2.45, 2.75) is 33.2 Å². The van der Waals surface area contributed by atoms with Crippen molar-refractivity contribution in [2.24, 2.45) is 11.1 Å². The van der Waals surface area contributed by atoms with Crippen molar-refractivity contribution in [1.29, 1.82) is 0 Å². The summed E-state index contributed by atoms with van der Waals surface area (Å²) in [6.07, 6.45) is 0.767. The van der Waals surface area contributed by atoms with E-state index in [0.717, 1.165) is 18.6 Å². The van der Waals surface area contributed by atoms with Gasteiger partial charge in [0.15, 0.2) is 0 Å². The number of hydrogen-bond donors (Lipinski definition) is 3. The van der Waals surface area contributed by atoms with Crippen LogP contribution in [0.1, 0.15) is 37.6 Å². The first-order valence-corrected chi connectivity index (χ1v) is 6.21. The smallest absolute Gasteiger partial charge is 0.255 e. The predicted octanol–water partition coefficient (Wildman–Crippen LogP) is 2.02. The van der Waals surface area contributed by atoms with E-state index in [2.05, 4.69) is 26.1 Å². The van der Waals surface area contributed by atoms with Gasteiger partial charge in [-0.2, -0.15) is 0 Å². The van der Waals surface area contributed by atoms with Gasteiger partial charge in [0.05, 0.1) is 5.56 Å². The summed E-state index contributed by atoms with van der Waals surface area (Å²) in [5.74, 6) is -1.41. The SMILES string of the molecule is CC(C)(C)CC(N)CNC(=O)c1ccc(F)cc1O. The molecule has 0 spiro atoms. The summed E-state index contributed by atoms with van der Waals surface area (Å²) in [6.45, 7) is 6.52. The van der Waals surface area contributed by atoms with Gasteiger partial charge in [-0.1, -0.05) is 20.8 Å². The number of hydrogen-bond acceptors (Lipinski definition) is 3. The molecular formula is C14H21FN2O2. The van der Waals surface area contributed by atoms with E-state index in [1.165, 1.54) is 6.07 Å². The summed E-state index contributed by atoms with van der Waals surface area (Å²) in [6, 6.07) is 3.12. The van der Waals surface area contributed by atoms with Gasteiger partial charge in [-0.05, 0) is 24.0 Å². The van der Waals surface area contributed by atoms with Crippen LogP contribution in [0.25, 0.3) is 0 Å². The van der Waals surface area contributed by atoms with Crippen molar-refractivity contribution in [1.82, 2.24) is 5.32 Å². The quantitative estimate of drug-likeness (QED) is 0.782. The van der Waals surface area contributed by atoms with Gasteiger partial charge in [0.2, 0.25) is 0 Å². The van der Waals surface area contributed by atoms with Gasteiger partial charge >= 0.3 is 0 Å². The Hall–Kier alpha value is -1.62. The van der Waals surface area contributed by atoms with Crippen LogP contribution >= 0.6 is 0 Å². The lowest BCUT2D eigenvalue weighted by atomic mass is 9.88. The Morgan fingerprint density at radius 2 is 2.11 bits per heavy atom. The molecule has 0 fully saturated rings. The Bertz CT molecular complexity index is 455. The first-order chi connectivity index (χ1) is 8.69. The van der Waals surface area contributed by atoms with Crippen molar-refractivity contribution in [2.75, 3.05) is 6.54 Å². The van der Waals surface area contributed by atoms with E-state index in [0.29, 0.717) is 6.54 Å². The molecule has 0 aliphatic heterocycles. The van der Waals surface area contributed by atoms with Gasteiger partial charge in [-0.25, -0.2) is 4.39 Å². The number of phenols is 1. The monoisotopic (exact) mass is 268 g/mol. The number of nitrogens with one attached hydrogen (secondary N) is 1. The number of halogens is 1. The molecule has 1 unspecified atom stereocenters. The zero-order valence-corrected chi connectivity index (χ0v) is 11.5. The van der Waals surface area contributed by atoms with E-state index in [1.807, 2.05) is 0 Å². The fourth-order valence-corrected chi connectivity index (χ4v) is 1.87. The number of carbonyl (C=O) groups is 1. The molecule has 1 atom stereocenters. The summed E-state index contributed by atoms with van der Waals surface area (Å²) in [4.78, 5) is 11.8. The minimum atomic E-state index is -0.585. The van der Waals surface area contributed by atoms with Crippen molar-refractivity contribution < 1.29 is 14.3 Å². The van der Waals surface area contributed by atoms with Crippen LogP contribution in [0, 0.1) is 11.2 Å². The first kappa shape index (κ1) is 15.4. The first-order valence-electron chi connectivity index (χ1n) is 6.21. The molecule has 1 aromatic carbocycles. The average molecular weight is 268 g/mol. The lowest BCUT2D eigenvalue weighted by molar-refractivity contribution is 0.0946. The number of aromatic hydroxyl groups is 1. The fourth-order valence-electron chi connectivity index (χ4n) is 1.87. The molecule has 0 aromatic heterocycles. The Kier molecular flexibility index (Phi) is 4.89. The second-order valence-electron chi connectivity index (χ2n) is 5.90. The number of phenolic OH excluding ortho intramolecular Hbond substituents is 1. The molecule has 0 saturated carbocycles. The highest BCUT2D eigenvalue weighted by atomic mass is 19.1. The van der Waals surface area contributed by atoms with Crippen LogP contribution in [0.3, 0.4) is 0 Å². The zero-order valence-electron chi connectivity index (χ0n) is 11.5. The molecule has 0 radical (unpaired) electrons. The van der Waals surface area contributed by atoms with Crippen LogP contribution in [0.2, 0.25) is 0 Å². The number of benzene rings is 1. The van der Waals surface area contributed by atoms with Crippen molar-refractivity contribution >= 4 is 5.91 Å². The van der Waals surface area contributed by atoms with E-state index in [4.69, 9.17) is 5.73 Å². The van der Waals surface area contributed by atoms with Crippen LogP contribution in [0.15, 0.2) is 18.2 Å². The van der Waals surface area contributed by atoms with Gasteiger partial charge in [0.1, 0.15) is 11.6 Å². The molecule has 0 aliphatic carbocycles. The molecule has 0 bridgehead atoms. The Labute approximate surface area is 112 Å². The largest absolute Gasteiger partial charge is 0.507 e. The fraction of sp³-hybridized carbons (Fsp3) is 0.500. The molecule has 5 heteroatoms. The van der Waals surface area contributed by atoms with E-state index >= 15 is 0 Å². The van der Waals surface area contributed by atoms with Gasteiger partial charge in [0, 0.05) is 18.7 Å². The molecule has 106 valence electrons. The molecule has 1 aromatic rings. The Balaban J connectivity index is 2.56. The minimum Gasteiger partial charge on any atom is -0.507 e. The van der Waals surface area contributed by atoms with Gasteiger partial charge in [0.25, 0.3) is 5.91 Å². The standard InChI is InChI=1S/C14H21FN2O2/c1-14(2,3)7-10(16)8-17-13(19)11-5-4-9(15)6-12(11)18/h4-6,10,18H,7-8,16H2,1-3H3,(H,17,19). The van der Waals surface area contributed by atoms with E-state index in [1.54, 1.807) is 0 Å². The van der Waals surface area contributed by atoms with Crippen LogP contribution in [-0.2, 0) is 0 Å². The maximum atomic E-state index is 12.8. The summed E-state index contributed by atoms with van der Waals surface area (Å²) in [5, 5.41) is 12.1. The van der Waals surface area contributed by atoms with Crippen LogP contribution in [0.5, 0.6) is 5.75 Å². The molecule has 1 rings (SSSR count). The van der Waals surface area contributed by atoms with E-state index in [-0.39, 0.29) is 22.8 Å². The molecule has 19 heavy (non-hydrogen) atoms. The zero-order chi connectivity index (χ0) is 14.6. The third-order valence-electron chi connectivity index (χ3n) is 2.60. The van der Waals surface area contributed by atoms with Crippen LogP contribution < -0.4 is 11.1 Å². The predicted molar refractivity (Wildman–Crippen MR) is 72.4 cm³/mol. The average Bonchev–Trinajstić information content (AvgIpc) is 2.23. The van der Waals surface area contributed by atoms with E-state index in [9.17, 15) is 14.3 Å². The number of amides is 1. The summed E-state index contributed by atoms with van der Waals surface area (Å²) in [5.41, 5.74) is 6.04. The molecular weight excluding hydrogens is 247 g/mol. The maximum absolute atomic E-state index is 12.8. The highest BCUT2D eigenvalue weighted by Gasteiger charge is 2.17. The lowest BCUT2D eigenvalue weighted by Gasteiger charge is -2.23.